The Labute approximate surface area is 168 Å². The minimum Gasteiger partial charge on any atom is -0.468 e. The van der Waals surface area contributed by atoms with Crippen LogP contribution < -0.4 is 5.32 Å². The summed E-state index contributed by atoms with van der Waals surface area (Å²) in [5.74, 6) is 1.97. The molecule has 25 heavy (non-hydrogen) atoms. The highest BCUT2D eigenvalue weighted by Gasteiger charge is 2.42. The van der Waals surface area contributed by atoms with E-state index < -0.39 is 0 Å². The quantitative estimate of drug-likeness (QED) is 0.414. The molecule has 0 aliphatic carbocycles. The first-order valence-corrected chi connectivity index (χ1v) is 8.94. The van der Waals surface area contributed by atoms with Crippen LogP contribution in [0.15, 0.2) is 27.8 Å². The fraction of sp³-hybridized carbons (Fsp3) is 0.722. The van der Waals surface area contributed by atoms with Gasteiger partial charge in [0, 0.05) is 31.7 Å². The molecule has 3 heterocycles. The van der Waals surface area contributed by atoms with Gasteiger partial charge in [-0.3, -0.25) is 9.89 Å². The number of halogens is 1. The molecular formula is C18H31IN4O2. The first-order chi connectivity index (χ1) is 11.6. The van der Waals surface area contributed by atoms with E-state index in [1.165, 1.54) is 12.8 Å². The number of guanidine groups is 1. The van der Waals surface area contributed by atoms with Gasteiger partial charge in [0.1, 0.15) is 5.76 Å². The van der Waals surface area contributed by atoms with Gasteiger partial charge in [-0.25, -0.2) is 0 Å². The number of hydrogen-bond acceptors (Lipinski definition) is 4. The Kier molecular flexibility index (Phi) is 7.57. The molecule has 1 aromatic rings. The molecule has 2 atom stereocenters. The second-order valence-electron chi connectivity index (χ2n) is 7.16. The van der Waals surface area contributed by atoms with Crippen LogP contribution >= 0.6 is 24.0 Å². The van der Waals surface area contributed by atoms with Crippen LogP contribution in [0.2, 0.25) is 0 Å². The van der Waals surface area contributed by atoms with Crippen molar-refractivity contribution in [1.29, 1.82) is 0 Å². The highest BCUT2D eigenvalue weighted by molar-refractivity contribution is 14.0. The molecule has 2 fully saturated rings. The molecule has 0 aromatic carbocycles. The number of nitrogens with zero attached hydrogens (tertiary/aromatic N) is 3. The Bertz CT molecular complexity index is 541. The zero-order chi connectivity index (χ0) is 17.0. The van der Waals surface area contributed by atoms with Crippen molar-refractivity contribution < 1.29 is 9.15 Å². The zero-order valence-electron chi connectivity index (χ0n) is 15.5. The average Bonchev–Trinajstić information content (AvgIpc) is 3.30. The van der Waals surface area contributed by atoms with Crippen LogP contribution in [0.4, 0.5) is 0 Å². The fourth-order valence-electron chi connectivity index (χ4n) is 3.67. The van der Waals surface area contributed by atoms with Gasteiger partial charge in [-0.15, -0.1) is 24.0 Å². The number of ether oxygens (including phenoxy) is 1. The Hall–Kier alpha value is -0.800. The van der Waals surface area contributed by atoms with E-state index >= 15 is 0 Å². The molecule has 0 bridgehead atoms. The summed E-state index contributed by atoms with van der Waals surface area (Å²) in [6.45, 7) is 7.60. The Balaban J connectivity index is 0.00000225. The minimum absolute atomic E-state index is 0. The number of aliphatic imine (C=N–C) groups is 1. The Morgan fingerprint density at radius 1 is 1.44 bits per heavy atom. The second kappa shape index (κ2) is 9.23. The smallest absolute Gasteiger partial charge is 0.194 e. The third-order valence-electron chi connectivity index (χ3n) is 5.17. The highest BCUT2D eigenvalue weighted by Crippen LogP contribution is 2.38. The predicted molar refractivity (Wildman–Crippen MR) is 111 cm³/mol. The zero-order valence-corrected chi connectivity index (χ0v) is 17.9. The molecule has 1 spiro atoms. The lowest BCUT2D eigenvalue weighted by molar-refractivity contribution is 0.156. The van der Waals surface area contributed by atoms with Crippen molar-refractivity contribution in [2.45, 2.75) is 25.8 Å². The molecule has 3 rings (SSSR count). The summed E-state index contributed by atoms with van der Waals surface area (Å²) >= 11 is 0. The van der Waals surface area contributed by atoms with Crippen LogP contribution in [-0.2, 0) is 4.74 Å². The fourth-order valence-corrected chi connectivity index (χ4v) is 3.67. The Morgan fingerprint density at radius 3 is 2.88 bits per heavy atom. The van der Waals surface area contributed by atoms with E-state index in [4.69, 9.17) is 14.1 Å². The SMILES string of the molecule is CCNC(=NCC(c1ccco1)N(C)C)N1CCC2(CCOC2)C1.I. The lowest BCUT2D eigenvalue weighted by Crippen LogP contribution is -2.42. The topological polar surface area (TPSA) is 53.2 Å². The molecule has 142 valence electrons. The van der Waals surface area contributed by atoms with Crippen molar-refractivity contribution in [2.75, 3.05) is 53.5 Å². The third-order valence-corrected chi connectivity index (χ3v) is 5.17. The van der Waals surface area contributed by atoms with Crippen molar-refractivity contribution in [3.8, 4) is 0 Å². The van der Waals surface area contributed by atoms with Crippen LogP contribution in [0.5, 0.6) is 0 Å². The Morgan fingerprint density at radius 2 is 2.28 bits per heavy atom. The molecule has 2 unspecified atom stereocenters. The number of rotatable bonds is 5. The minimum atomic E-state index is 0. The standard InChI is InChI=1S/C18H30N4O2.HI/c1-4-19-17(22-9-7-18(13-22)8-11-23-14-18)20-12-15(21(2)3)16-6-5-10-24-16;/h5-6,10,15H,4,7-9,11-14H2,1-3H3,(H,19,20);1H. The van der Waals surface area contributed by atoms with Gasteiger partial charge in [0.15, 0.2) is 5.96 Å². The summed E-state index contributed by atoms with van der Waals surface area (Å²) in [4.78, 5) is 9.47. The summed E-state index contributed by atoms with van der Waals surface area (Å²) in [6, 6.07) is 4.11. The van der Waals surface area contributed by atoms with E-state index in [1.54, 1.807) is 6.26 Å². The van der Waals surface area contributed by atoms with E-state index in [0.29, 0.717) is 12.0 Å². The summed E-state index contributed by atoms with van der Waals surface area (Å²) in [5.41, 5.74) is 0.345. The van der Waals surface area contributed by atoms with E-state index in [-0.39, 0.29) is 30.0 Å². The maximum atomic E-state index is 5.64. The average molecular weight is 462 g/mol. The van der Waals surface area contributed by atoms with Gasteiger partial charge in [-0.2, -0.15) is 0 Å². The number of hydrogen-bond donors (Lipinski definition) is 1. The van der Waals surface area contributed by atoms with E-state index in [2.05, 4.69) is 36.1 Å². The van der Waals surface area contributed by atoms with Crippen molar-refractivity contribution in [2.24, 2.45) is 10.4 Å². The maximum absolute atomic E-state index is 5.64. The lowest BCUT2D eigenvalue weighted by Gasteiger charge is -2.26. The molecule has 7 heteroatoms. The molecule has 2 aliphatic heterocycles. The summed E-state index contributed by atoms with van der Waals surface area (Å²) in [6.07, 6.45) is 4.10. The number of furan rings is 1. The summed E-state index contributed by atoms with van der Waals surface area (Å²) in [7, 11) is 4.13. The summed E-state index contributed by atoms with van der Waals surface area (Å²) in [5, 5.41) is 3.46. The van der Waals surface area contributed by atoms with Gasteiger partial charge >= 0.3 is 0 Å². The van der Waals surface area contributed by atoms with Crippen LogP contribution in [0.3, 0.4) is 0 Å². The van der Waals surface area contributed by atoms with E-state index in [9.17, 15) is 0 Å². The second-order valence-corrected chi connectivity index (χ2v) is 7.16. The number of nitrogens with one attached hydrogen (secondary N) is 1. The predicted octanol–water partition coefficient (Wildman–Crippen LogP) is 2.58. The van der Waals surface area contributed by atoms with Gasteiger partial charge < -0.3 is 19.4 Å². The van der Waals surface area contributed by atoms with Crippen LogP contribution in [0.1, 0.15) is 31.6 Å². The van der Waals surface area contributed by atoms with Crippen LogP contribution in [0.25, 0.3) is 0 Å². The lowest BCUT2D eigenvalue weighted by atomic mass is 9.87. The largest absolute Gasteiger partial charge is 0.468 e. The number of likely N-dealkylation sites (tertiary alicyclic amines) is 1. The van der Waals surface area contributed by atoms with Crippen LogP contribution in [0, 0.1) is 5.41 Å². The van der Waals surface area contributed by atoms with Crippen molar-refractivity contribution in [3.63, 3.8) is 0 Å². The molecular weight excluding hydrogens is 431 g/mol. The highest BCUT2D eigenvalue weighted by atomic mass is 127. The van der Waals surface area contributed by atoms with Crippen molar-refractivity contribution >= 4 is 29.9 Å². The molecule has 1 aromatic heterocycles. The summed E-state index contributed by atoms with van der Waals surface area (Å²) < 4.78 is 11.2. The van der Waals surface area contributed by atoms with Crippen molar-refractivity contribution in [3.05, 3.63) is 24.2 Å². The first-order valence-electron chi connectivity index (χ1n) is 8.94. The van der Waals surface area contributed by atoms with E-state index in [1.807, 2.05) is 12.1 Å². The first kappa shape index (κ1) is 20.5. The van der Waals surface area contributed by atoms with Gasteiger partial charge in [0.2, 0.25) is 0 Å². The molecule has 0 amide bonds. The van der Waals surface area contributed by atoms with Crippen molar-refractivity contribution in [1.82, 2.24) is 15.1 Å². The molecule has 0 radical (unpaired) electrons. The van der Waals surface area contributed by atoms with Gasteiger partial charge in [-0.1, -0.05) is 0 Å². The molecule has 1 N–H and O–H groups in total. The van der Waals surface area contributed by atoms with Gasteiger partial charge in [-0.05, 0) is 46.0 Å². The monoisotopic (exact) mass is 462 g/mol. The number of likely N-dealkylation sites (N-methyl/N-ethyl adjacent to an activating group) is 1. The van der Waals surface area contributed by atoms with Gasteiger partial charge in [0.25, 0.3) is 0 Å². The van der Waals surface area contributed by atoms with Gasteiger partial charge in [0.05, 0.1) is 25.5 Å². The normalized spacial score (nSPS) is 24.8. The molecule has 6 nitrogen and oxygen atoms in total. The van der Waals surface area contributed by atoms with Crippen LogP contribution in [-0.4, -0.2) is 69.2 Å². The third kappa shape index (κ3) is 4.89. The maximum Gasteiger partial charge on any atom is 0.194 e. The van der Waals surface area contributed by atoms with E-state index in [0.717, 1.165) is 44.6 Å². The molecule has 0 saturated carbocycles. The molecule has 2 aliphatic rings. The molecule has 2 saturated heterocycles.